The average Bonchev–Trinajstić information content (AvgIpc) is 3.10. The maximum absolute atomic E-state index is 4.46. The Bertz CT molecular complexity index is 608. The third kappa shape index (κ3) is 4.22. The number of hydrogen-bond donors (Lipinski definition) is 1. The fourth-order valence-corrected chi connectivity index (χ4v) is 2.50. The zero-order chi connectivity index (χ0) is 14.5. The van der Waals surface area contributed by atoms with Crippen LogP contribution in [0.1, 0.15) is 11.4 Å². The first-order valence-electron chi connectivity index (χ1n) is 7.36. The smallest absolute Gasteiger partial charge is 0.193 e. The Balaban J connectivity index is 0.00000176. The molecular formula is C16H22IN5. The molecule has 1 N–H and O–H groups in total. The molecule has 2 aromatic rings. The molecule has 118 valence electrons. The number of hydrogen-bond acceptors (Lipinski definition) is 4. The molecule has 1 aliphatic rings. The number of benzene rings is 1. The van der Waals surface area contributed by atoms with Gasteiger partial charge in [0.05, 0.1) is 6.54 Å². The normalized spacial score (nSPS) is 13.7. The Kier molecular flexibility index (Phi) is 6.23. The zero-order valence-corrected chi connectivity index (χ0v) is 15.1. The molecule has 3 rings (SSSR count). The molecule has 0 aliphatic carbocycles. The Morgan fingerprint density at radius 2 is 2.05 bits per heavy atom. The summed E-state index contributed by atoms with van der Waals surface area (Å²) >= 11 is 0. The number of likely N-dealkylation sites (N-methyl/N-ethyl adjacent to an activating group) is 1. The lowest BCUT2D eigenvalue weighted by atomic mass is 10.2. The van der Waals surface area contributed by atoms with Crippen LogP contribution in [0.25, 0.3) is 0 Å². The van der Waals surface area contributed by atoms with Gasteiger partial charge in [0, 0.05) is 45.5 Å². The first-order chi connectivity index (χ1) is 10.3. The van der Waals surface area contributed by atoms with Crippen molar-refractivity contribution in [2.45, 2.75) is 13.0 Å². The van der Waals surface area contributed by atoms with E-state index in [1.165, 1.54) is 5.56 Å². The van der Waals surface area contributed by atoms with Gasteiger partial charge in [-0.2, -0.15) is 0 Å². The molecule has 22 heavy (non-hydrogen) atoms. The molecule has 0 bridgehead atoms. The average molecular weight is 411 g/mol. The number of halogens is 1. The highest BCUT2D eigenvalue weighted by Crippen LogP contribution is 2.06. The maximum atomic E-state index is 4.46. The maximum Gasteiger partial charge on any atom is 0.193 e. The van der Waals surface area contributed by atoms with Crippen LogP contribution in [0, 0.1) is 0 Å². The third-order valence-corrected chi connectivity index (χ3v) is 3.69. The molecule has 1 aliphatic heterocycles. The van der Waals surface area contributed by atoms with E-state index < -0.39 is 0 Å². The molecule has 1 aromatic carbocycles. The number of aromatic nitrogens is 2. The standard InChI is InChI=1S/C16H21N5.HI/c1-20-11-9-19-16(20)18-8-7-15-17-10-12-21(15)13-14-5-3-2-4-6-14;/h2-6,10,12H,7-9,11,13H2,1H3,(H,18,19);1H. The fraction of sp³-hybridized carbons (Fsp3) is 0.375. The van der Waals surface area contributed by atoms with Crippen LogP contribution in [-0.4, -0.2) is 47.1 Å². The molecule has 5 nitrogen and oxygen atoms in total. The van der Waals surface area contributed by atoms with Crippen molar-refractivity contribution in [2.24, 2.45) is 4.99 Å². The van der Waals surface area contributed by atoms with Crippen molar-refractivity contribution in [3.05, 3.63) is 54.1 Å². The summed E-state index contributed by atoms with van der Waals surface area (Å²) in [6.07, 6.45) is 4.81. The molecule has 0 unspecified atom stereocenters. The van der Waals surface area contributed by atoms with E-state index in [1.54, 1.807) is 0 Å². The van der Waals surface area contributed by atoms with Crippen LogP contribution < -0.4 is 5.32 Å². The van der Waals surface area contributed by atoms with E-state index in [4.69, 9.17) is 0 Å². The number of aliphatic imine (C=N–C) groups is 1. The van der Waals surface area contributed by atoms with Crippen molar-refractivity contribution >= 4 is 29.9 Å². The van der Waals surface area contributed by atoms with E-state index in [9.17, 15) is 0 Å². The molecule has 0 fully saturated rings. The van der Waals surface area contributed by atoms with Gasteiger partial charge in [0.2, 0.25) is 0 Å². The van der Waals surface area contributed by atoms with Crippen molar-refractivity contribution < 1.29 is 0 Å². The molecule has 2 heterocycles. The quantitative estimate of drug-likeness (QED) is 0.766. The van der Waals surface area contributed by atoms with E-state index in [0.29, 0.717) is 0 Å². The van der Waals surface area contributed by atoms with Gasteiger partial charge in [-0.3, -0.25) is 4.99 Å². The van der Waals surface area contributed by atoms with Gasteiger partial charge >= 0.3 is 0 Å². The molecule has 0 atom stereocenters. The van der Waals surface area contributed by atoms with E-state index in [0.717, 1.165) is 44.4 Å². The second-order valence-electron chi connectivity index (χ2n) is 5.26. The summed E-state index contributed by atoms with van der Waals surface area (Å²) in [5, 5.41) is 3.38. The van der Waals surface area contributed by atoms with Crippen LogP contribution in [0.5, 0.6) is 0 Å². The summed E-state index contributed by atoms with van der Waals surface area (Å²) < 4.78 is 2.21. The lowest BCUT2D eigenvalue weighted by Gasteiger charge is -2.15. The molecule has 0 saturated carbocycles. The van der Waals surface area contributed by atoms with Gasteiger partial charge in [0.25, 0.3) is 0 Å². The van der Waals surface area contributed by atoms with Gasteiger partial charge in [0.15, 0.2) is 5.96 Å². The van der Waals surface area contributed by atoms with Gasteiger partial charge in [-0.15, -0.1) is 24.0 Å². The number of guanidine groups is 1. The van der Waals surface area contributed by atoms with Crippen LogP contribution in [-0.2, 0) is 13.0 Å². The lowest BCUT2D eigenvalue weighted by Crippen LogP contribution is -2.36. The summed E-state index contributed by atoms with van der Waals surface area (Å²) in [6.45, 7) is 3.62. The zero-order valence-electron chi connectivity index (χ0n) is 12.8. The first kappa shape index (κ1) is 16.8. The number of imidazole rings is 1. The predicted octanol–water partition coefficient (Wildman–Crippen LogP) is 1.98. The van der Waals surface area contributed by atoms with Crippen LogP contribution in [0.3, 0.4) is 0 Å². The van der Waals surface area contributed by atoms with Crippen LogP contribution >= 0.6 is 24.0 Å². The predicted molar refractivity (Wildman–Crippen MR) is 99.8 cm³/mol. The van der Waals surface area contributed by atoms with E-state index in [-0.39, 0.29) is 24.0 Å². The van der Waals surface area contributed by atoms with Gasteiger partial charge in [-0.1, -0.05) is 30.3 Å². The SMILES string of the molecule is CN1CCN=C1NCCc1nccn1Cc1ccccc1.I. The van der Waals surface area contributed by atoms with Crippen molar-refractivity contribution in [3.8, 4) is 0 Å². The minimum Gasteiger partial charge on any atom is -0.356 e. The molecule has 0 radical (unpaired) electrons. The Morgan fingerprint density at radius 1 is 1.23 bits per heavy atom. The summed E-state index contributed by atoms with van der Waals surface area (Å²) in [5.41, 5.74) is 1.30. The summed E-state index contributed by atoms with van der Waals surface area (Å²) in [6, 6.07) is 10.5. The van der Waals surface area contributed by atoms with Crippen molar-refractivity contribution in [2.75, 3.05) is 26.7 Å². The van der Waals surface area contributed by atoms with Crippen LogP contribution in [0.4, 0.5) is 0 Å². The molecule has 6 heteroatoms. The highest BCUT2D eigenvalue weighted by Gasteiger charge is 2.11. The second-order valence-corrected chi connectivity index (χ2v) is 5.26. The molecule has 0 spiro atoms. The van der Waals surface area contributed by atoms with Gasteiger partial charge in [-0.05, 0) is 5.56 Å². The van der Waals surface area contributed by atoms with Gasteiger partial charge < -0.3 is 14.8 Å². The first-order valence-corrected chi connectivity index (χ1v) is 7.36. The second kappa shape index (κ2) is 8.17. The monoisotopic (exact) mass is 411 g/mol. The summed E-state index contributed by atoms with van der Waals surface area (Å²) in [5.74, 6) is 2.10. The van der Waals surface area contributed by atoms with Crippen molar-refractivity contribution in [1.82, 2.24) is 19.8 Å². The molecule has 1 aromatic heterocycles. The highest BCUT2D eigenvalue weighted by molar-refractivity contribution is 14.0. The topological polar surface area (TPSA) is 45.4 Å². The van der Waals surface area contributed by atoms with Gasteiger partial charge in [-0.25, -0.2) is 4.98 Å². The Labute approximate surface area is 148 Å². The number of nitrogens with zero attached hydrogens (tertiary/aromatic N) is 4. The van der Waals surface area contributed by atoms with Crippen LogP contribution in [0.2, 0.25) is 0 Å². The van der Waals surface area contributed by atoms with Crippen molar-refractivity contribution in [3.63, 3.8) is 0 Å². The van der Waals surface area contributed by atoms with Gasteiger partial charge in [0.1, 0.15) is 5.82 Å². The summed E-state index contributed by atoms with van der Waals surface area (Å²) in [7, 11) is 2.06. The van der Waals surface area contributed by atoms with E-state index >= 15 is 0 Å². The Hall–Kier alpha value is -1.57. The Morgan fingerprint density at radius 3 is 2.77 bits per heavy atom. The number of rotatable bonds is 5. The molecule has 0 amide bonds. The summed E-state index contributed by atoms with van der Waals surface area (Å²) in [4.78, 5) is 11.0. The minimum atomic E-state index is 0. The largest absolute Gasteiger partial charge is 0.356 e. The molecule has 0 saturated heterocycles. The highest BCUT2D eigenvalue weighted by atomic mass is 127. The minimum absolute atomic E-state index is 0. The molecular weight excluding hydrogens is 389 g/mol. The van der Waals surface area contributed by atoms with E-state index in [1.807, 2.05) is 18.5 Å². The van der Waals surface area contributed by atoms with Crippen molar-refractivity contribution in [1.29, 1.82) is 0 Å². The third-order valence-electron chi connectivity index (χ3n) is 3.69. The lowest BCUT2D eigenvalue weighted by molar-refractivity contribution is 0.533. The fourth-order valence-electron chi connectivity index (χ4n) is 2.50. The van der Waals surface area contributed by atoms with E-state index in [2.05, 4.69) is 56.1 Å². The van der Waals surface area contributed by atoms with Crippen LogP contribution in [0.15, 0.2) is 47.7 Å². The number of nitrogens with one attached hydrogen (secondary N) is 1.